The summed E-state index contributed by atoms with van der Waals surface area (Å²) in [4.78, 5) is 36.5. The van der Waals surface area contributed by atoms with E-state index in [2.05, 4.69) is 10.6 Å². The van der Waals surface area contributed by atoms with Crippen molar-refractivity contribution in [3.05, 3.63) is 65.2 Å². The van der Waals surface area contributed by atoms with Crippen molar-refractivity contribution >= 4 is 23.5 Å². The molecular formula is C21H22N2O4. The van der Waals surface area contributed by atoms with Crippen LogP contribution in [-0.4, -0.2) is 30.9 Å². The van der Waals surface area contributed by atoms with Crippen molar-refractivity contribution in [2.75, 3.05) is 12.4 Å². The minimum atomic E-state index is -0.523. The third kappa shape index (κ3) is 4.53. The SMILES string of the molecule is COC(=O)c1ccccc1NC(=O)c1ccc(C(=O)NC2CCCC2)cc1. The van der Waals surface area contributed by atoms with Crippen LogP contribution in [-0.2, 0) is 4.74 Å². The number of carbonyl (C=O) groups excluding carboxylic acids is 3. The highest BCUT2D eigenvalue weighted by Crippen LogP contribution is 2.19. The summed E-state index contributed by atoms with van der Waals surface area (Å²) >= 11 is 0. The molecule has 1 fully saturated rings. The van der Waals surface area contributed by atoms with Crippen molar-refractivity contribution in [1.29, 1.82) is 0 Å². The lowest BCUT2D eigenvalue weighted by molar-refractivity contribution is 0.0601. The van der Waals surface area contributed by atoms with Crippen molar-refractivity contribution in [2.24, 2.45) is 0 Å². The highest BCUT2D eigenvalue weighted by molar-refractivity contribution is 6.08. The number of carbonyl (C=O) groups is 3. The van der Waals surface area contributed by atoms with E-state index in [1.807, 2.05) is 0 Å². The fourth-order valence-electron chi connectivity index (χ4n) is 3.19. The Kier molecular flexibility index (Phi) is 5.86. The van der Waals surface area contributed by atoms with Crippen molar-refractivity contribution < 1.29 is 19.1 Å². The fraction of sp³-hybridized carbons (Fsp3) is 0.286. The molecule has 0 aliphatic heterocycles. The second-order valence-corrected chi connectivity index (χ2v) is 6.52. The lowest BCUT2D eigenvalue weighted by atomic mass is 10.1. The van der Waals surface area contributed by atoms with Gasteiger partial charge in [0, 0.05) is 17.2 Å². The largest absolute Gasteiger partial charge is 0.465 e. The normalized spacial score (nSPS) is 13.8. The zero-order valence-electron chi connectivity index (χ0n) is 15.2. The van der Waals surface area contributed by atoms with Gasteiger partial charge in [0.2, 0.25) is 0 Å². The Morgan fingerprint density at radius 2 is 1.48 bits per heavy atom. The van der Waals surface area contributed by atoms with Gasteiger partial charge in [-0.15, -0.1) is 0 Å². The first-order valence-electron chi connectivity index (χ1n) is 8.98. The summed E-state index contributed by atoms with van der Waals surface area (Å²) < 4.78 is 4.73. The number of rotatable bonds is 5. The first kappa shape index (κ1) is 18.6. The number of hydrogen-bond acceptors (Lipinski definition) is 4. The van der Waals surface area contributed by atoms with Gasteiger partial charge in [0.15, 0.2) is 0 Å². The number of ether oxygens (including phenoxy) is 1. The summed E-state index contributed by atoms with van der Waals surface area (Å²) in [6.07, 6.45) is 4.34. The first-order chi connectivity index (χ1) is 13.1. The Morgan fingerprint density at radius 3 is 2.11 bits per heavy atom. The predicted octanol–water partition coefficient (Wildman–Crippen LogP) is 3.40. The lowest BCUT2D eigenvalue weighted by Gasteiger charge is -2.12. The highest BCUT2D eigenvalue weighted by atomic mass is 16.5. The smallest absolute Gasteiger partial charge is 0.339 e. The predicted molar refractivity (Wildman–Crippen MR) is 102 cm³/mol. The van der Waals surface area contributed by atoms with E-state index in [-0.39, 0.29) is 23.4 Å². The molecule has 0 heterocycles. The topological polar surface area (TPSA) is 84.5 Å². The maximum absolute atomic E-state index is 12.5. The second-order valence-electron chi connectivity index (χ2n) is 6.52. The molecule has 0 radical (unpaired) electrons. The van der Waals surface area contributed by atoms with Crippen LogP contribution in [0, 0.1) is 0 Å². The molecule has 0 unspecified atom stereocenters. The van der Waals surface area contributed by atoms with Gasteiger partial charge in [-0.2, -0.15) is 0 Å². The molecule has 1 saturated carbocycles. The van der Waals surface area contributed by atoms with E-state index in [0.717, 1.165) is 25.7 Å². The van der Waals surface area contributed by atoms with Crippen molar-refractivity contribution in [1.82, 2.24) is 5.32 Å². The van der Waals surface area contributed by atoms with E-state index >= 15 is 0 Å². The molecule has 1 aliphatic carbocycles. The van der Waals surface area contributed by atoms with Crippen LogP contribution in [0.25, 0.3) is 0 Å². The molecule has 3 rings (SSSR count). The average Bonchev–Trinajstić information content (AvgIpc) is 3.21. The average molecular weight is 366 g/mol. The summed E-state index contributed by atoms with van der Waals surface area (Å²) in [5.74, 6) is -1.01. The molecule has 2 amide bonds. The van der Waals surface area contributed by atoms with Crippen LogP contribution in [0.4, 0.5) is 5.69 Å². The van der Waals surface area contributed by atoms with Crippen LogP contribution in [0.15, 0.2) is 48.5 Å². The van der Waals surface area contributed by atoms with Gasteiger partial charge in [0.1, 0.15) is 0 Å². The van der Waals surface area contributed by atoms with E-state index < -0.39 is 5.97 Å². The number of amides is 2. The maximum atomic E-state index is 12.5. The zero-order valence-corrected chi connectivity index (χ0v) is 15.2. The van der Waals surface area contributed by atoms with Gasteiger partial charge in [0.25, 0.3) is 11.8 Å². The van der Waals surface area contributed by atoms with E-state index in [1.165, 1.54) is 7.11 Å². The maximum Gasteiger partial charge on any atom is 0.339 e. The van der Waals surface area contributed by atoms with Gasteiger partial charge < -0.3 is 15.4 Å². The minimum absolute atomic E-state index is 0.120. The summed E-state index contributed by atoms with van der Waals surface area (Å²) in [6, 6.07) is 13.3. The number of benzene rings is 2. The van der Waals surface area contributed by atoms with E-state index in [9.17, 15) is 14.4 Å². The summed E-state index contributed by atoms with van der Waals surface area (Å²) in [5.41, 5.74) is 1.57. The summed E-state index contributed by atoms with van der Waals surface area (Å²) in [7, 11) is 1.29. The third-order valence-corrected chi connectivity index (χ3v) is 4.68. The Bertz CT molecular complexity index is 840. The van der Waals surface area contributed by atoms with Crippen LogP contribution >= 0.6 is 0 Å². The summed E-state index contributed by atoms with van der Waals surface area (Å²) in [6.45, 7) is 0. The van der Waals surface area contributed by atoms with Crippen LogP contribution in [0.1, 0.15) is 56.8 Å². The minimum Gasteiger partial charge on any atom is -0.465 e. The Hall–Kier alpha value is -3.15. The molecular weight excluding hydrogens is 344 g/mol. The number of nitrogens with one attached hydrogen (secondary N) is 2. The standard InChI is InChI=1S/C21H22N2O4/c1-27-21(26)17-8-4-5-9-18(17)23-20(25)15-12-10-14(11-13-15)19(24)22-16-6-2-3-7-16/h4-5,8-13,16H,2-3,6-7H2,1H3,(H,22,24)(H,23,25). The van der Waals surface area contributed by atoms with Crippen LogP contribution in [0.5, 0.6) is 0 Å². The lowest BCUT2D eigenvalue weighted by Crippen LogP contribution is -2.32. The van der Waals surface area contributed by atoms with Gasteiger partial charge in [-0.25, -0.2) is 4.79 Å². The molecule has 1 aliphatic rings. The van der Waals surface area contributed by atoms with Gasteiger partial charge in [-0.3, -0.25) is 9.59 Å². The molecule has 2 aromatic rings. The molecule has 0 bridgehead atoms. The number of anilines is 1. The van der Waals surface area contributed by atoms with E-state index in [1.54, 1.807) is 48.5 Å². The Balaban J connectivity index is 1.67. The molecule has 6 heteroatoms. The monoisotopic (exact) mass is 366 g/mol. The number of esters is 1. The van der Waals surface area contributed by atoms with Crippen molar-refractivity contribution in [3.8, 4) is 0 Å². The molecule has 2 aromatic carbocycles. The molecule has 0 aromatic heterocycles. The molecule has 0 spiro atoms. The quantitative estimate of drug-likeness (QED) is 0.795. The molecule has 140 valence electrons. The number of methoxy groups -OCH3 is 1. The van der Waals surface area contributed by atoms with Crippen molar-refractivity contribution in [2.45, 2.75) is 31.7 Å². The second kappa shape index (κ2) is 8.49. The van der Waals surface area contributed by atoms with Gasteiger partial charge in [-0.05, 0) is 49.2 Å². The van der Waals surface area contributed by atoms with E-state index in [0.29, 0.717) is 16.8 Å². The van der Waals surface area contributed by atoms with Gasteiger partial charge in [-0.1, -0.05) is 25.0 Å². The van der Waals surface area contributed by atoms with Crippen LogP contribution < -0.4 is 10.6 Å². The van der Waals surface area contributed by atoms with Gasteiger partial charge >= 0.3 is 5.97 Å². The molecule has 2 N–H and O–H groups in total. The Morgan fingerprint density at radius 1 is 0.889 bits per heavy atom. The van der Waals surface area contributed by atoms with Gasteiger partial charge in [0.05, 0.1) is 18.4 Å². The summed E-state index contributed by atoms with van der Waals surface area (Å²) in [5, 5.41) is 5.73. The number of para-hydroxylation sites is 1. The first-order valence-corrected chi connectivity index (χ1v) is 8.98. The van der Waals surface area contributed by atoms with E-state index in [4.69, 9.17) is 4.74 Å². The molecule has 0 saturated heterocycles. The molecule has 0 atom stereocenters. The highest BCUT2D eigenvalue weighted by Gasteiger charge is 2.18. The van der Waals surface area contributed by atoms with Crippen molar-refractivity contribution in [3.63, 3.8) is 0 Å². The van der Waals surface area contributed by atoms with Crippen LogP contribution in [0.2, 0.25) is 0 Å². The molecule has 27 heavy (non-hydrogen) atoms. The fourth-order valence-corrected chi connectivity index (χ4v) is 3.19. The van der Waals surface area contributed by atoms with Crippen LogP contribution in [0.3, 0.4) is 0 Å². The Labute approximate surface area is 157 Å². The third-order valence-electron chi connectivity index (χ3n) is 4.68. The molecule has 6 nitrogen and oxygen atoms in total. The number of hydrogen-bond donors (Lipinski definition) is 2. The zero-order chi connectivity index (χ0) is 19.2.